The Morgan fingerprint density at radius 3 is 2.55 bits per heavy atom. The molecule has 0 spiro atoms. The molecule has 0 aliphatic carbocycles. The van der Waals surface area contributed by atoms with Gasteiger partial charge in [0.2, 0.25) is 10.0 Å². The van der Waals surface area contributed by atoms with Crippen LogP contribution < -0.4 is 9.46 Å². The van der Waals surface area contributed by atoms with E-state index in [4.69, 9.17) is 9.15 Å². The molecule has 120 valence electrons. The molecule has 0 saturated heterocycles. The predicted octanol–water partition coefficient (Wildman–Crippen LogP) is 1.92. The third-order valence-electron chi connectivity index (χ3n) is 3.23. The van der Waals surface area contributed by atoms with Crippen LogP contribution in [0.25, 0.3) is 0 Å². The summed E-state index contributed by atoms with van der Waals surface area (Å²) in [7, 11) is -2.19. The van der Waals surface area contributed by atoms with Crippen LogP contribution >= 0.6 is 0 Å². The summed E-state index contributed by atoms with van der Waals surface area (Å²) in [6.07, 6.45) is -1.04. The van der Waals surface area contributed by atoms with Gasteiger partial charge in [-0.2, -0.15) is 0 Å². The number of methoxy groups -OCH3 is 1. The molecule has 7 heteroatoms. The molecule has 0 aliphatic heterocycles. The van der Waals surface area contributed by atoms with Crippen molar-refractivity contribution in [1.82, 2.24) is 4.72 Å². The van der Waals surface area contributed by atoms with Gasteiger partial charge in [0.1, 0.15) is 23.4 Å². The highest BCUT2D eigenvalue weighted by molar-refractivity contribution is 7.89. The lowest BCUT2D eigenvalue weighted by Crippen LogP contribution is -2.28. The molecule has 0 bridgehead atoms. The average molecular weight is 325 g/mol. The molecule has 0 fully saturated rings. The van der Waals surface area contributed by atoms with Gasteiger partial charge in [0.25, 0.3) is 0 Å². The van der Waals surface area contributed by atoms with Gasteiger partial charge < -0.3 is 14.3 Å². The Morgan fingerprint density at radius 1 is 1.27 bits per heavy atom. The van der Waals surface area contributed by atoms with Crippen molar-refractivity contribution in [3.8, 4) is 5.75 Å². The molecule has 2 N–H and O–H groups in total. The Hall–Kier alpha value is -1.83. The van der Waals surface area contributed by atoms with E-state index >= 15 is 0 Å². The molecular weight excluding hydrogens is 306 g/mol. The monoisotopic (exact) mass is 325 g/mol. The van der Waals surface area contributed by atoms with E-state index in [-0.39, 0.29) is 11.4 Å². The van der Waals surface area contributed by atoms with Gasteiger partial charge >= 0.3 is 0 Å². The first-order chi connectivity index (χ1) is 10.3. The maximum absolute atomic E-state index is 12.2. The third-order valence-corrected chi connectivity index (χ3v) is 4.65. The number of furan rings is 1. The fourth-order valence-electron chi connectivity index (χ4n) is 2.02. The van der Waals surface area contributed by atoms with Crippen molar-refractivity contribution < 1.29 is 22.7 Å². The minimum atomic E-state index is -3.71. The van der Waals surface area contributed by atoms with Gasteiger partial charge in [0, 0.05) is 6.54 Å². The maximum Gasteiger partial charge on any atom is 0.240 e. The van der Waals surface area contributed by atoms with Gasteiger partial charge in [-0.15, -0.1) is 0 Å². The molecule has 6 nitrogen and oxygen atoms in total. The van der Waals surface area contributed by atoms with Crippen LogP contribution in [0.4, 0.5) is 0 Å². The van der Waals surface area contributed by atoms with Gasteiger partial charge in [-0.1, -0.05) is 0 Å². The summed E-state index contributed by atoms with van der Waals surface area (Å²) in [5.74, 6) is 1.60. The molecule has 1 atom stereocenters. The molecule has 0 radical (unpaired) electrons. The second-order valence-corrected chi connectivity index (χ2v) is 6.71. The quantitative estimate of drug-likeness (QED) is 0.847. The Labute approximate surface area is 129 Å². The molecule has 1 heterocycles. The summed E-state index contributed by atoms with van der Waals surface area (Å²) in [5, 5.41) is 9.94. The predicted molar refractivity (Wildman–Crippen MR) is 81.3 cm³/mol. The van der Waals surface area contributed by atoms with E-state index in [0.717, 1.165) is 0 Å². The number of nitrogens with one attached hydrogen (secondary N) is 1. The van der Waals surface area contributed by atoms with Crippen LogP contribution in [0.5, 0.6) is 5.75 Å². The van der Waals surface area contributed by atoms with E-state index in [1.165, 1.54) is 19.2 Å². The first kappa shape index (κ1) is 16.5. The van der Waals surface area contributed by atoms with Crippen molar-refractivity contribution in [3.05, 3.63) is 47.4 Å². The van der Waals surface area contributed by atoms with Gasteiger partial charge in [0.15, 0.2) is 0 Å². The topological polar surface area (TPSA) is 88.8 Å². The van der Waals surface area contributed by atoms with Crippen LogP contribution in [-0.2, 0) is 10.0 Å². The minimum absolute atomic E-state index is 0.119. The van der Waals surface area contributed by atoms with Crippen LogP contribution in [0.3, 0.4) is 0 Å². The molecule has 2 rings (SSSR count). The van der Waals surface area contributed by atoms with Gasteiger partial charge in [-0.3, -0.25) is 0 Å². The number of aliphatic hydroxyl groups is 1. The van der Waals surface area contributed by atoms with E-state index in [2.05, 4.69) is 4.72 Å². The first-order valence-electron chi connectivity index (χ1n) is 6.72. The average Bonchev–Trinajstić information content (AvgIpc) is 2.91. The molecule has 0 aliphatic rings. The van der Waals surface area contributed by atoms with Gasteiger partial charge in [-0.25, -0.2) is 13.1 Å². The number of ether oxygens (including phenoxy) is 1. The lowest BCUT2D eigenvalue weighted by Gasteiger charge is -2.12. The van der Waals surface area contributed by atoms with Crippen molar-refractivity contribution in [1.29, 1.82) is 0 Å². The SMILES string of the molecule is COc1ccc(S(=O)(=O)NCC(O)c2ccc(C)o2)cc1C. The minimum Gasteiger partial charge on any atom is -0.496 e. The molecule has 2 aromatic rings. The van der Waals surface area contributed by atoms with Crippen LogP contribution in [0.1, 0.15) is 23.2 Å². The largest absolute Gasteiger partial charge is 0.496 e. The zero-order valence-corrected chi connectivity index (χ0v) is 13.5. The second-order valence-electron chi connectivity index (χ2n) is 4.95. The Bertz CT molecular complexity index is 751. The number of benzene rings is 1. The van der Waals surface area contributed by atoms with Gasteiger partial charge in [0.05, 0.1) is 12.0 Å². The lowest BCUT2D eigenvalue weighted by atomic mass is 10.2. The number of aliphatic hydroxyl groups excluding tert-OH is 1. The zero-order chi connectivity index (χ0) is 16.3. The molecular formula is C15H19NO5S. The number of rotatable bonds is 6. The number of aryl methyl sites for hydroxylation is 2. The van der Waals surface area contributed by atoms with Crippen LogP contribution in [0.2, 0.25) is 0 Å². The number of sulfonamides is 1. The molecule has 1 aromatic carbocycles. The van der Waals surface area contributed by atoms with Crippen molar-refractivity contribution in [3.63, 3.8) is 0 Å². The number of hydrogen-bond donors (Lipinski definition) is 2. The maximum atomic E-state index is 12.2. The summed E-state index contributed by atoms with van der Waals surface area (Å²) in [6.45, 7) is 3.35. The highest BCUT2D eigenvalue weighted by atomic mass is 32.2. The van der Waals surface area contributed by atoms with Gasteiger partial charge in [-0.05, 0) is 49.7 Å². The van der Waals surface area contributed by atoms with E-state index in [9.17, 15) is 13.5 Å². The Balaban J connectivity index is 2.09. The standard InChI is InChI=1S/C15H19NO5S/c1-10-8-12(5-7-14(10)20-3)22(18,19)16-9-13(17)15-6-4-11(2)21-15/h4-8,13,16-17H,9H2,1-3H3. The van der Waals surface area contributed by atoms with Crippen LogP contribution in [0.15, 0.2) is 39.6 Å². The fraction of sp³-hybridized carbons (Fsp3) is 0.333. The van der Waals surface area contributed by atoms with E-state index < -0.39 is 16.1 Å². The van der Waals surface area contributed by atoms with E-state index in [0.29, 0.717) is 22.8 Å². The highest BCUT2D eigenvalue weighted by Crippen LogP contribution is 2.22. The van der Waals surface area contributed by atoms with Crippen molar-refractivity contribution in [2.24, 2.45) is 0 Å². The van der Waals surface area contributed by atoms with Crippen molar-refractivity contribution >= 4 is 10.0 Å². The molecule has 22 heavy (non-hydrogen) atoms. The summed E-state index contributed by atoms with van der Waals surface area (Å²) in [6, 6.07) is 7.89. The Kier molecular flexibility index (Phi) is 4.90. The normalized spacial score (nSPS) is 13.1. The van der Waals surface area contributed by atoms with Crippen molar-refractivity contribution in [2.75, 3.05) is 13.7 Å². The zero-order valence-electron chi connectivity index (χ0n) is 12.7. The molecule has 1 aromatic heterocycles. The summed E-state index contributed by atoms with van der Waals surface area (Å²) < 4.78 is 37.2. The summed E-state index contributed by atoms with van der Waals surface area (Å²) in [5.41, 5.74) is 0.715. The summed E-state index contributed by atoms with van der Waals surface area (Å²) in [4.78, 5) is 0.119. The highest BCUT2D eigenvalue weighted by Gasteiger charge is 2.19. The summed E-state index contributed by atoms with van der Waals surface area (Å²) >= 11 is 0. The van der Waals surface area contributed by atoms with Crippen molar-refractivity contribution in [2.45, 2.75) is 24.8 Å². The third kappa shape index (κ3) is 3.68. The van der Waals surface area contributed by atoms with E-state index in [1.807, 2.05) is 0 Å². The Morgan fingerprint density at radius 2 is 2.00 bits per heavy atom. The molecule has 0 saturated carbocycles. The smallest absolute Gasteiger partial charge is 0.240 e. The number of hydrogen-bond acceptors (Lipinski definition) is 5. The first-order valence-corrected chi connectivity index (χ1v) is 8.20. The fourth-order valence-corrected chi connectivity index (χ4v) is 3.15. The molecule has 0 amide bonds. The van der Waals surface area contributed by atoms with Crippen LogP contribution in [0, 0.1) is 13.8 Å². The van der Waals surface area contributed by atoms with Crippen LogP contribution in [-0.4, -0.2) is 27.2 Å². The second kappa shape index (κ2) is 6.51. The molecule has 1 unspecified atom stereocenters. The lowest BCUT2D eigenvalue weighted by molar-refractivity contribution is 0.152. The van der Waals surface area contributed by atoms with E-state index in [1.54, 1.807) is 32.0 Å².